The summed E-state index contributed by atoms with van der Waals surface area (Å²) < 4.78 is 4.70. The van der Waals surface area contributed by atoms with E-state index in [0.717, 1.165) is 16.8 Å². The summed E-state index contributed by atoms with van der Waals surface area (Å²) in [5, 5.41) is 0. The minimum Gasteiger partial charge on any atom is -0.464 e. The van der Waals surface area contributed by atoms with Crippen molar-refractivity contribution in [1.29, 1.82) is 0 Å². The fourth-order valence-electron chi connectivity index (χ4n) is 1.89. The van der Waals surface area contributed by atoms with Crippen LogP contribution in [0.3, 0.4) is 0 Å². The van der Waals surface area contributed by atoms with Gasteiger partial charge in [0.1, 0.15) is 5.82 Å². The van der Waals surface area contributed by atoms with Crippen molar-refractivity contribution >= 4 is 5.97 Å². The van der Waals surface area contributed by atoms with Crippen molar-refractivity contribution in [2.45, 2.75) is 20.8 Å². The second-order valence-corrected chi connectivity index (χ2v) is 4.30. The number of ether oxygens (including phenoxy) is 1. The summed E-state index contributed by atoms with van der Waals surface area (Å²) in [6.45, 7) is 5.91. The summed E-state index contributed by atoms with van der Waals surface area (Å²) in [5.41, 5.74) is 4.42. The molecule has 0 bridgehead atoms. The molecule has 94 valence electrons. The summed E-state index contributed by atoms with van der Waals surface area (Å²) in [4.78, 5) is 19.0. The molecule has 4 heteroatoms. The molecular formula is C14H16N2O2. The van der Waals surface area contributed by atoms with Crippen LogP contribution in [0, 0.1) is 20.8 Å². The van der Waals surface area contributed by atoms with E-state index in [1.54, 1.807) is 0 Å². The molecule has 1 aromatic carbocycles. The maximum Gasteiger partial charge on any atom is 0.358 e. The third kappa shape index (κ3) is 2.01. The highest BCUT2D eigenvalue weighted by Gasteiger charge is 2.16. The van der Waals surface area contributed by atoms with E-state index in [-0.39, 0.29) is 0 Å². The Morgan fingerprint density at radius 2 is 2.00 bits per heavy atom. The van der Waals surface area contributed by atoms with E-state index in [4.69, 9.17) is 4.74 Å². The lowest BCUT2D eigenvalue weighted by atomic mass is 10.0. The van der Waals surface area contributed by atoms with Gasteiger partial charge in [-0.25, -0.2) is 9.78 Å². The Morgan fingerprint density at radius 3 is 2.67 bits per heavy atom. The second-order valence-electron chi connectivity index (χ2n) is 4.30. The number of hydrogen-bond donors (Lipinski definition) is 1. The SMILES string of the molecule is COC(=O)c1nc(-c2cccc(C)c2C)[nH]c1C. The molecule has 0 aliphatic heterocycles. The van der Waals surface area contributed by atoms with Crippen molar-refractivity contribution in [3.63, 3.8) is 0 Å². The number of nitrogens with one attached hydrogen (secondary N) is 1. The molecule has 0 unspecified atom stereocenters. The zero-order chi connectivity index (χ0) is 13.3. The largest absolute Gasteiger partial charge is 0.464 e. The lowest BCUT2D eigenvalue weighted by Crippen LogP contribution is -2.03. The van der Waals surface area contributed by atoms with Crippen molar-refractivity contribution in [3.8, 4) is 11.4 Å². The fourth-order valence-corrected chi connectivity index (χ4v) is 1.89. The summed E-state index contributed by atoms with van der Waals surface area (Å²) in [5.74, 6) is 0.286. The predicted octanol–water partition coefficient (Wildman–Crippen LogP) is 2.79. The Labute approximate surface area is 106 Å². The number of methoxy groups -OCH3 is 1. The van der Waals surface area contributed by atoms with Gasteiger partial charge in [0.05, 0.1) is 7.11 Å². The van der Waals surface area contributed by atoms with E-state index < -0.39 is 5.97 Å². The van der Waals surface area contributed by atoms with Crippen molar-refractivity contribution in [2.75, 3.05) is 7.11 Å². The molecule has 0 saturated carbocycles. The van der Waals surface area contributed by atoms with Crippen LogP contribution in [0.2, 0.25) is 0 Å². The number of rotatable bonds is 2. The molecule has 0 amide bonds. The normalized spacial score (nSPS) is 10.4. The Hall–Kier alpha value is -2.10. The first kappa shape index (κ1) is 12.4. The minimum atomic E-state index is -0.416. The van der Waals surface area contributed by atoms with E-state index in [1.807, 2.05) is 26.0 Å². The first-order chi connectivity index (χ1) is 8.54. The zero-order valence-corrected chi connectivity index (χ0v) is 11.0. The summed E-state index contributed by atoms with van der Waals surface area (Å²) in [7, 11) is 1.36. The Kier molecular flexibility index (Phi) is 3.19. The molecule has 0 fully saturated rings. The van der Waals surface area contributed by atoms with Crippen LogP contribution in [0.1, 0.15) is 27.3 Å². The maximum atomic E-state index is 11.5. The van der Waals surface area contributed by atoms with E-state index in [0.29, 0.717) is 11.5 Å². The molecule has 0 aliphatic rings. The first-order valence-corrected chi connectivity index (χ1v) is 5.76. The topological polar surface area (TPSA) is 55.0 Å². The highest BCUT2D eigenvalue weighted by atomic mass is 16.5. The third-order valence-electron chi connectivity index (χ3n) is 3.12. The Bertz CT molecular complexity index is 600. The van der Waals surface area contributed by atoms with Crippen LogP contribution < -0.4 is 0 Å². The van der Waals surface area contributed by atoms with Crippen LogP contribution in [-0.4, -0.2) is 23.0 Å². The Morgan fingerprint density at radius 1 is 1.28 bits per heavy atom. The van der Waals surface area contributed by atoms with Gasteiger partial charge < -0.3 is 9.72 Å². The van der Waals surface area contributed by atoms with Crippen LogP contribution in [-0.2, 0) is 4.74 Å². The number of aromatic amines is 1. The third-order valence-corrected chi connectivity index (χ3v) is 3.12. The van der Waals surface area contributed by atoms with Gasteiger partial charge in [0.15, 0.2) is 5.69 Å². The van der Waals surface area contributed by atoms with Crippen molar-refractivity contribution < 1.29 is 9.53 Å². The molecule has 1 heterocycles. The quantitative estimate of drug-likeness (QED) is 0.826. The molecule has 2 rings (SSSR count). The van der Waals surface area contributed by atoms with Crippen LogP contribution in [0.15, 0.2) is 18.2 Å². The van der Waals surface area contributed by atoms with Crippen LogP contribution in [0.4, 0.5) is 0 Å². The number of nitrogens with zero attached hydrogens (tertiary/aromatic N) is 1. The Balaban J connectivity index is 2.53. The first-order valence-electron chi connectivity index (χ1n) is 5.76. The van der Waals surface area contributed by atoms with E-state index in [2.05, 4.69) is 23.0 Å². The molecule has 4 nitrogen and oxygen atoms in total. The molecule has 0 radical (unpaired) electrons. The summed E-state index contributed by atoms with van der Waals surface area (Å²) in [6.07, 6.45) is 0. The zero-order valence-electron chi connectivity index (χ0n) is 11.0. The van der Waals surface area contributed by atoms with Crippen LogP contribution >= 0.6 is 0 Å². The van der Waals surface area contributed by atoms with E-state index >= 15 is 0 Å². The number of esters is 1. The number of imidazole rings is 1. The second kappa shape index (κ2) is 4.64. The molecule has 18 heavy (non-hydrogen) atoms. The van der Waals surface area contributed by atoms with Gasteiger partial charge in [0, 0.05) is 11.3 Å². The van der Waals surface area contributed by atoms with Gasteiger partial charge in [0.25, 0.3) is 0 Å². The predicted molar refractivity (Wildman–Crippen MR) is 69.6 cm³/mol. The molecule has 0 aliphatic carbocycles. The highest BCUT2D eigenvalue weighted by molar-refractivity contribution is 5.89. The van der Waals surface area contributed by atoms with Gasteiger partial charge in [-0.05, 0) is 31.9 Å². The number of carbonyl (C=O) groups is 1. The van der Waals surface area contributed by atoms with Gasteiger partial charge >= 0.3 is 5.97 Å². The summed E-state index contributed by atoms with van der Waals surface area (Å²) in [6, 6.07) is 6.02. The number of carbonyl (C=O) groups excluding carboxylic acids is 1. The minimum absolute atomic E-state index is 0.341. The average molecular weight is 244 g/mol. The monoisotopic (exact) mass is 244 g/mol. The number of H-pyrrole nitrogens is 1. The molecule has 1 N–H and O–H groups in total. The van der Waals surface area contributed by atoms with Gasteiger partial charge in [-0.2, -0.15) is 0 Å². The number of aryl methyl sites for hydroxylation is 2. The summed E-state index contributed by atoms with van der Waals surface area (Å²) >= 11 is 0. The van der Waals surface area contributed by atoms with Crippen LogP contribution in [0.5, 0.6) is 0 Å². The number of aromatic nitrogens is 2. The van der Waals surface area contributed by atoms with Crippen LogP contribution in [0.25, 0.3) is 11.4 Å². The maximum absolute atomic E-state index is 11.5. The van der Waals surface area contributed by atoms with Gasteiger partial charge in [0.2, 0.25) is 0 Å². The lowest BCUT2D eigenvalue weighted by molar-refractivity contribution is 0.0594. The van der Waals surface area contributed by atoms with Gasteiger partial charge in [-0.3, -0.25) is 0 Å². The molecule has 0 saturated heterocycles. The van der Waals surface area contributed by atoms with Gasteiger partial charge in [-0.1, -0.05) is 18.2 Å². The molecule has 2 aromatic rings. The fraction of sp³-hybridized carbons (Fsp3) is 0.286. The van der Waals surface area contributed by atoms with Crippen molar-refractivity contribution in [1.82, 2.24) is 9.97 Å². The van der Waals surface area contributed by atoms with Gasteiger partial charge in [-0.15, -0.1) is 0 Å². The van der Waals surface area contributed by atoms with Crippen molar-refractivity contribution in [3.05, 3.63) is 40.7 Å². The van der Waals surface area contributed by atoms with E-state index in [9.17, 15) is 4.79 Å². The molecular weight excluding hydrogens is 228 g/mol. The molecule has 0 spiro atoms. The molecule has 0 atom stereocenters. The number of benzene rings is 1. The van der Waals surface area contributed by atoms with Crippen molar-refractivity contribution in [2.24, 2.45) is 0 Å². The average Bonchev–Trinajstić information content (AvgIpc) is 2.73. The smallest absolute Gasteiger partial charge is 0.358 e. The lowest BCUT2D eigenvalue weighted by Gasteiger charge is -2.05. The molecule has 1 aromatic heterocycles. The highest BCUT2D eigenvalue weighted by Crippen LogP contribution is 2.24. The van der Waals surface area contributed by atoms with E-state index in [1.165, 1.54) is 12.7 Å². The number of hydrogen-bond acceptors (Lipinski definition) is 3. The standard InChI is InChI=1S/C14H16N2O2/c1-8-6-5-7-11(9(8)2)13-15-10(3)12(16-13)14(17)18-4/h5-7H,1-4H3,(H,15,16).